The first-order valence-electron chi connectivity index (χ1n) is 7.81. The van der Waals surface area contributed by atoms with Gasteiger partial charge in [0.1, 0.15) is 0 Å². The third-order valence-corrected chi connectivity index (χ3v) is 5.97. The van der Waals surface area contributed by atoms with Crippen LogP contribution in [0.5, 0.6) is 0 Å². The zero-order valence-corrected chi connectivity index (χ0v) is 16.3. The van der Waals surface area contributed by atoms with Gasteiger partial charge in [-0.15, -0.1) is 12.4 Å². The molecule has 0 atom stereocenters. The Balaban J connectivity index is 0.00000312. The number of rotatable bonds is 7. The van der Waals surface area contributed by atoms with E-state index in [4.69, 9.17) is 9.15 Å². The first-order chi connectivity index (χ1) is 11.3. The van der Waals surface area contributed by atoms with Crippen molar-refractivity contribution in [1.29, 1.82) is 0 Å². The molecular formula is C15H26ClN3O5S. The third-order valence-electron chi connectivity index (χ3n) is 4.28. The second kappa shape index (κ2) is 9.00. The molecule has 0 unspecified atom stereocenters. The summed E-state index contributed by atoms with van der Waals surface area (Å²) in [4.78, 5) is 12.3. The summed E-state index contributed by atoms with van der Waals surface area (Å²) in [5.41, 5.74) is -0.110. The van der Waals surface area contributed by atoms with Gasteiger partial charge in [0.25, 0.3) is 15.9 Å². The molecule has 10 heteroatoms. The first kappa shape index (κ1) is 21.9. The topological polar surface area (TPSA) is 101 Å². The number of hydrogen-bond acceptors (Lipinski definition) is 6. The molecule has 1 amide bonds. The van der Waals surface area contributed by atoms with E-state index in [0.29, 0.717) is 13.2 Å². The largest absolute Gasteiger partial charge is 0.438 e. The second-order valence-electron chi connectivity index (χ2n) is 6.27. The average Bonchev–Trinajstić information content (AvgIpc) is 3.04. The van der Waals surface area contributed by atoms with Crippen LogP contribution in [0.3, 0.4) is 0 Å². The van der Waals surface area contributed by atoms with Crippen LogP contribution in [0.1, 0.15) is 23.4 Å². The standard InChI is InChI=1S/C15H25N3O5S.ClH/c1-18(2)24(20,21)13-5-4-12(23-13)14(19)17-10-15(11-22-3)6-8-16-9-7-15;/h4-5,16H,6-11H2,1-3H3,(H,17,19);1H. The minimum atomic E-state index is -3.69. The zero-order chi connectivity index (χ0) is 17.8. The fraction of sp³-hybridized carbons (Fsp3) is 0.667. The van der Waals surface area contributed by atoms with E-state index in [1.54, 1.807) is 7.11 Å². The molecule has 0 radical (unpaired) electrons. The van der Waals surface area contributed by atoms with Crippen molar-refractivity contribution in [3.8, 4) is 0 Å². The van der Waals surface area contributed by atoms with Crippen molar-refractivity contribution < 1.29 is 22.4 Å². The monoisotopic (exact) mass is 395 g/mol. The fourth-order valence-corrected chi connectivity index (χ4v) is 3.55. The van der Waals surface area contributed by atoms with Crippen molar-refractivity contribution in [2.45, 2.75) is 17.9 Å². The number of nitrogens with one attached hydrogen (secondary N) is 2. The molecule has 0 spiro atoms. The van der Waals surface area contributed by atoms with E-state index in [9.17, 15) is 13.2 Å². The summed E-state index contributed by atoms with van der Waals surface area (Å²) in [6.07, 6.45) is 1.80. The number of ether oxygens (including phenoxy) is 1. The number of carbonyl (C=O) groups is 1. The van der Waals surface area contributed by atoms with Gasteiger partial charge in [-0.3, -0.25) is 4.79 Å². The van der Waals surface area contributed by atoms with Crippen LogP contribution < -0.4 is 10.6 Å². The van der Waals surface area contributed by atoms with Crippen molar-refractivity contribution in [3.05, 3.63) is 17.9 Å². The van der Waals surface area contributed by atoms with Gasteiger partial charge in [0.05, 0.1) is 6.61 Å². The molecule has 2 rings (SSSR count). The molecule has 1 aromatic heterocycles. The summed E-state index contributed by atoms with van der Waals surface area (Å²) < 4.78 is 35.5. The lowest BCUT2D eigenvalue weighted by Crippen LogP contribution is -2.47. The second-order valence-corrected chi connectivity index (χ2v) is 8.35. The highest BCUT2D eigenvalue weighted by atomic mass is 35.5. The summed E-state index contributed by atoms with van der Waals surface area (Å²) in [5.74, 6) is -0.443. The number of hydrogen-bond donors (Lipinski definition) is 2. The summed E-state index contributed by atoms with van der Waals surface area (Å²) >= 11 is 0. The maximum absolute atomic E-state index is 12.3. The van der Waals surface area contributed by atoms with Crippen LogP contribution in [0.2, 0.25) is 0 Å². The number of furan rings is 1. The van der Waals surface area contributed by atoms with Gasteiger partial charge in [-0.25, -0.2) is 12.7 Å². The maximum Gasteiger partial charge on any atom is 0.287 e. The van der Waals surface area contributed by atoms with Crippen LogP contribution in [0, 0.1) is 5.41 Å². The number of piperidine rings is 1. The number of amides is 1. The predicted molar refractivity (Wildman–Crippen MR) is 95.6 cm³/mol. The molecule has 144 valence electrons. The fourth-order valence-electron chi connectivity index (χ4n) is 2.75. The number of carbonyl (C=O) groups excluding carboxylic acids is 1. The van der Waals surface area contributed by atoms with Gasteiger partial charge >= 0.3 is 0 Å². The Morgan fingerprint density at radius 2 is 2.00 bits per heavy atom. The molecule has 0 aromatic carbocycles. The van der Waals surface area contributed by atoms with E-state index in [1.807, 2.05) is 0 Å². The van der Waals surface area contributed by atoms with E-state index >= 15 is 0 Å². The molecule has 1 aliphatic heterocycles. The van der Waals surface area contributed by atoms with Crippen molar-refractivity contribution >= 4 is 28.3 Å². The number of nitrogens with zero attached hydrogens (tertiary/aromatic N) is 1. The Labute approximate surface area is 154 Å². The van der Waals surface area contributed by atoms with E-state index < -0.39 is 15.9 Å². The molecule has 25 heavy (non-hydrogen) atoms. The summed E-state index contributed by atoms with van der Waals surface area (Å²) in [7, 11) is 0.774. The molecule has 1 saturated heterocycles. The minimum Gasteiger partial charge on any atom is -0.438 e. The van der Waals surface area contributed by atoms with E-state index in [0.717, 1.165) is 30.2 Å². The molecule has 0 aliphatic carbocycles. The first-order valence-corrected chi connectivity index (χ1v) is 9.25. The molecule has 2 heterocycles. The molecule has 8 nitrogen and oxygen atoms in total. The van der Waals surface area contributed by atoms with Gasteiger partial charge in [0, 0.05) is 33.2 Å². The minimum absolute atomic E-state index is 0. The van der Waals surface area contributed by atoms with E-state index in [2.05, 4.69) is 10.6 Å². The van der Waals surface area contributed by atoms with Crippen LogP contribution in [0.4, 0.5) is 0 Å². The van der Waals surface area contributed by atoms with Crippen LogP contribution in [0.25, 0.3) is 0 Å². The van der Waals surface area contributed by atoms with Gasteiger partial charge in [0.15, 0.2) is 5.76 Å². The highest BCUT2D eigenvalue weighted by Gasteiger charge is 2.33. The van der Waals surface area contributed by atoms with Crippen LogP contribution in [-0.2, 0) is 14.8 Å². The van der Waals surface area contributed by atoms with Crippen molar-refractivity contribution in [2.75, 3.05) is 47.4 Å². The van der Waals surface area contributed by atoms with Gasteiger partial charge in [-0.1, -0.05) is 0 Å². The predicted octanol–water partition coefficient (Wildman–Crippen LogP) is 0.698. The quantitative estimate of drug-likeness (QED) is 0.704. The summed E-state index contributed by atoms with van der Waals surface area (Å²) in [6, 6.07) is 2.66. The van der Waals surface area contributed by atoms with E-state index in [1.165, 1.54) is 26.2 Å². The van der Waals surface area contributed by atoms with Gasteiger partial charge in [-0.2, -0.15) is 0 Å². The Hall–Kier alpha value is -1.13. The van der Waals surface area contributed by atoms with Crippen LogP contribution in [-0.4, -0.2) is 66.1 Å². The number of sulfonamides is 1. The smallest absolute Gasteiger partial charge is 0.287 e. The summed E-state index contributed by atoms with van der Waals surface area (Å²) in [5, 5.41) is 5.88. The lowest BCUT2D eigenvalue weighted by atomic mass is 9.79. The molecule has 0 bridgehead atoms. The van der Waals surface area contributed by atoms with Crippen molar-refractivity contribution in [2.24, 2.45) is 5.41 Å². The van der Waals surface area contributed by atoms with Crippen molar-refractivity contribution in [3.63, 3.8) is 0 Å². The van der Waals surface area contributed by atoms with Gasteiger partial charge in [0.2, 0.25) is 5.09 Å². The molecule has 2 N–H and O–H groups in total. The molecule has 1 fully saturated rings. The average molecular weight is 396 g/mol. The highest BCUT2D eigenvalue weighted by molar-refractivity contribution is 7.88. The number of halogens is 1. The normalized spacial score (nSPS) is 17.1. The van der Waals surface area contributed by atoms with Gasteiger partial charge < -0.3 is 19.8 Å². The highest BCUT2D eigenvalue weighted by Crippen LogP contribution is 2.28. The van der Waals surface area contributed by atoms with Crippen molar-refractivity contribution in [1.82, 2.24) is 14.9 Å². The number of methoxy groups -OCH3 is 1. The molecule has 0 saturated carbocycles. The summed E-state index contributed by atoms with van der Waals surface area (Å²) in [6.45, 7) is 2.78. The third kappa shape index (κ3) is 5.18. The Morgan fingerprint density at radius 1 is 1.36 bits per heavy atom. The maximum atomic E-state index is 12.3. The van der Waals surface area contributed by atoms with Crippen LogP contribution >= 0.6 is 12.4 Å². The molecular weight excluding hydrogens is 370 g/mol. The Morgan fingerprint density at radius 3 is 2.56 bits per heavy atom. The lowest BCUT2D eigenvalue weighted by molar-refractivity contribution is 0.0505. The Kier molecular flexibility index (Phi) is 7.88. The Bertz CT molecular complexity index is 663. The molecule has 1 aromatic rings. The van der Waals surface area contributed by atoms with E-state index in [-0.39, 0.29) is 28.7 Å². The van der Waals surface area contributed by atoms with Gasteiger partial charge in [-0.05, 0) is 38.1 Å². The lowest BCUT2D eigenvalue weighted by Gasteiger charge is -2.37. The molecule has 1 aliphatic rings. The zero-order valence-electron chi connectivity index (χ0n) is 14.7. The van der Waals surface area contributed by atoms with Crippen LogP contribution in [0.15, 0.2) is 21.6 Å². The SMILES string of the molecule is COCC1(CNC(=O)c2ccc(S(=O)(=O)N(C)C)o2)CCNCC1.Cl.